The summed E-state index contributed by atoms with van der Waals surface area (Å²) in [6.07, 6.45) is -4.05. The zero-order valence-electron chi connectivity index (χ0n) is 20.6. The molecule has 0 saturated heterocycles. The highest BCUT2D eigenvalue weighted by Crippen LogP contribution is 2.28. The van der Waals surface area contributed by atoms with E-state index in [1.54, 1.807) is 25.3 Å². The number of aromatic nitrogens is 1. The molecule has 8 nitrogen and oxygen atoms in total. The first-order valence-electron chi connectivity index (χ1n) is 11.3. The Morgan fingerprint density at radius 1 is 1.03 bits per heavy atom. The van der Waals surface area contributed by atoms with Crippen LogP contribution >= 0.6 is 11.3 Å². The van der Waals surface area contributed by atoms with Crippen LogP contribution in [0.25, 0.3) is 11.3 Å². The maximum absolute atomic E-state index is 13.1. The van der Waals surface area contributed by atoms with Gasteiger partial charge in [-0.1, -0.05) is 0 Å². The maximum atomic E-state index is 13.1. The van der Waals surface area contributed by atoms with Gasteiger partial charge in [0.1, 0.15) is 17.2 Å². The minimum absolute atomic E-state index is 0.277. The number of carbonyl (C=O) groups is 1. The van der Waals surface area contributed by atoms with Crippen molar-refractivity contribution in [2.45, 2.75) is 19.3 Å². The van der Waals surface area contributed by atoms with Crippen LogP contribution in [0, 0.1) is 0 Å². The first-order chi connectivity index (χ1) is 17.8. The summed E-state index contributed by atoms with van der Waals surface area (Å²) in [6, 6.07) is 10.4. The van der Waals surface area contributed by atoms with E-state index in [4.69, 9.17) is 14.2 Å². The summed E-state index contributed by atoms with van der Waals surface area (Å²) in [4.78, 5) is 17.9. The molecule has 3 aromatic rings. The molecular formula is C25H28F3N3O5S. The quantitative estimate of drug-likeness (QED) is 0.342. The molecular weight excluding hydrogens is 511 g/mol. The van der Waals surface area contributed by atoms with E-state index < -0.39 is 12.3 Å². The number of amides is 1. The molecule has 1 aromatic heterocycles. The molecule has 200 valence electrons. The first-order valence-corrected chi connectivity index (χ1v) is 12.2. The second-order valence-corrected chi connectivity index (χ2v) is 8.54. The van der Waals surface area contributed by atoms with E-state index in [0.29, 0.717) is 53.8 Å². The number of nitrogens with zero attached hydrogens (tertiary/aromatic N) is 2. The van der Waals surface area contributed by atoms with Crippen molar-refractivity contribution in [3.63, 3.8) is 0 Å². The largest absolute Gasteiger partial charge is 0.573 e. The van der Waals surface area contributed by atoms with Crippen molar-refractivity contribution < 1.29 is 36.9 Å². The summed E-state index contributed by atoms with van der Waals surface area (Å²) in [6.45, 7) is 2.50. The third kappa shape index (κ3) is 8.07. The van der Waals surface area contributed by atoms with Crippen LogP contribution in [0.5, 0.6) is 17.2 Å². The van der Waals surface area contributed by atoms with Crippen molar-refractivity contribution in [1.82, 2.24) is 9.88 Å². The molecule has 0 atom stereocenters. The standard InChI is InChI=1S/C25H28F3N3O5S/c1-33-14-12-29-11-4-13-31-21(17-5-7-18(8-6-17)36-25(26,27)28)16-37-24(31)30-23(32)20-10-9-19(34-2)15-22(20)35-3/h5-10,15-16,29H,4,11-14H2,1-3H3. The molecule has 0 saturated carbocycles. The Morgan fingerprint density at radius 2 is 1.76 bits per heavy atom. The van der Waals surface area contributed by atoms with Crippen LogP contribution in [0.4, 0.5) is 13.2 Å². The molecule has 2 aromatic carbocycles. The zero-order valence-corrected chi connectivity index (χ0v) is 21.4. The number of methoxy groups -OCH3 is 3. The van der Waals surface area contributed by atoms with Gasteiger partial charge in [0.25, 0.3) is 5.91 Å². The lowest BCUT2D eigenvalue weighted by Gasteiger charge is -2.12. The minimum atomic E-state index is -4.77. The Bertz CT molecular complexity index is 1240. The number of hydrogen-bond donors (Lipinski definition) is 1. The first kappa shape index (κ1) is 28.2. The summed E-state index contributed by atoms with van der Waals surface area (Å²) in [5.74, 6) is 0.0701. The van der Waals surface area contributed by atoms with Gasteiger partial charge in [-0.15, -0.1) is 24.5 Å². The maximum Gasteiger partial charge on any atom is 0.573 e. The SMILES string of the molecule is COCCNCCCn1c(-c2ccc(OC(F)(F)F)cc2)csc1=NC(=O)c1ccc(OC)cc1OC. The molecule has 1 amide bonds. The van der Waals surface area contributed by atoms with Crippen LogP contribution in [-0.4, -0.2) is 57.9 Å². The van der Waals surface area contributed by atoms with E-state index in [2.05, 4.69) is 15.0 Å². The number of hydrogen-bond acceptors (Lipinski definition) is 7. The topological polar surface area (TPSA) is 83.3 Å². The molecule has 0 fully saturated rings. The van der Waals surface area contributed by atoms with Crippen LogP contribution in [0.3, 0.4) is 0 Å². The van der Waals surface area contributed by atoms with Gasteiger partial charge < -0.3 is 28.8 Å². The Labute approximate surface area is 216 Å². The lowest BCUT2D eigenvalue weighted by molar-refractivity contribution is -0.274. The summed E-state index contributed by atoms with van der Waals surface area (Å²) < 4.78 is 59.0. The van der Waals surface area contributed by atoms with Crippen molar-refractivity contribution in [2.24, 2.45) is 4.99 Å². The fraction of sp³-hybridized carbons (Fsp3) is 0.360. The van der Waals surface area contributed by atoms with Crippen LogP contribution in [-0.2, 0) is 11.3 Å². The van der Waals surface area contributed by atoms with E-state index in [1.807, 2.05) is 9.95 Å². The second-order valence-electron chi connectivity index (χ2n) is 7.71. The predicted octanol–water partition coefficient (Wildman–Crippen LogP) is 4.50. The fourth-order valence-corrected chi connectivity index (χ4v) is 4.41. The van der Waals surface area contributed by atoms with Gasteiger partial charge >= 0.3 is 6.36 Å². The number of alkyl halides is 3. The highest BCUT2D eigenvalue weighted by Gasteiger charge is 2.31. The normalized spacial score (nSPS) is 12.0. The molecule has 0 bridgehead atoms. The molecule has 1 heterocycles. The number of ether oxygens (including phenoxy) is 4. The van der Waals surface area contributed by atoms with Gasteiger partial charge in [-0.05, 0) is 54.9 Å². The molecule has 0 spiro atoms. The van der Waals surface area contributed by atoms with Gasteiger partial charge in [0.05, 0.1) is 32.1 Å². The molecule has 0 radical (unpaired) electrons. The summed E-state index contributed by atoms with van der Waals surface area (Å²) in [5, 5.41) is 5.08. The molecule has 37 heavy (non-hydrogen) atoms. The third-order valence-corrected chi connectivity index (χ3v) is 6.10. The molecule has 0 unspecified atom stereocenters. The van der Waals surface area contributed by atoms with Crippen molar-refractivity contribution in [2.75, 3.05) is 41.0 Å². The molecule has 1 N–H and O–H groups in total. The van der Waals surface area contributed by atoms with Gasteiger partial charge in [-0.2, -0.15) is 4.99 Å². The van der Waals surface area contributed by atoms with Gasteiger partial charge in [0.15, 0.2) is 4.80 Å². The number of halogens is 3. The number of nitrogens with one attached hydrogen (secondary N) is 1. The third-order valence-electron chi connectivity index (χ3n) is 5.24. The number of carbonyl (C=O) groups excluding carboxylic acids is 1. The predicted molar refractivity (Wildman–Crippen MR) is 133 cm³/mol. The van der Waals surface area contributed by atoms with E-state index in [1.165, 1.54) is 49.8 Å². The highest BCUT2D eigenvalue weighted by molar-refractivity contribution is 7.07. The minimum Gasteiger partial charge on any atom is -0.497 e. The van der Waals surface area contributed by atoms with Crippen LogP contribution in [0.2, 0.25) is 0 Å². The van der Waals surface area contributed by atoms with Gasteiger partial charge in [-0.25, -0.2) is 0 Å². The molecule has 0 aliphatic carbocycles. The van der Waals surface area contributed by atoms with Gasteiger partial charge in [0.2, 0.25) is 0 Å². The van der Waals surface area contributed by atoms with Crippen molar-refractivity contribution >= 4 is 17.2 Å². The molecule has 0 aliphatic heterocycles. The van der Waals surface area contributed by atoms with Crippen molar-refractivity contribution in [1.29, 1.82) is 0 Å². The number of benzene rings is 2. The second kappa shape index (κ2) is 13.3. The monoisotopic (exact) mass is 539 g/mol. The van der Waals surface area contributed by atoms with Crippen molar-refractivity contribution in [3.05, 3.63) is 58.2 Å². The Balaban J connectivity index is 1.93. The molecule has 3 rings (SSSR count). The average Bonchev–Trinajstić information content (AvgIpc) is 3.27. The lowest BCUT2D eigenvalue weighted by atomic mass is 10.1. The molecule has 12 heteroatoms. The van der Waals surface area contributed by atoms with E-state index in [0.717, 1.165) is 6.42 Å². The molecule has 0 aliphatic rings. The van der Waals surface area contributed by atoms with Crippen LogP contribution in [0.1, 0.15) is 16.8 Å². The average molecular weight is 540 g/mol. The van der Waals surface area contributed by atoms with E-state index in [-0.39, 0.29) is 11.3 Å². The van der Waals surface area contributed by atoms with Gasteiger partial charge in [0, 0.05) is 31.6 Å². The summed E-state index contributed by atoms with van der Waals surface area (Å²) >= 11 is 1.26. The Morgan fingerprint density at radius 3 is 2.41 bits per heavy atom. The smallest absolute Gasteiger partial charge is 0.497 e. The Hall–Kier alpha value is -3.35. The number of rotatable bonds is 12. The zero-order chi connectivity index (χ0) is 26.8. The van der Waals surface area contributed by atoms with E-state index >= 15 is 0 Å². The Kier molecular flexibility index (Phi) is 10.1. The fourth-order valence-electron chi connectivity index (χ4n) is 3.48. The summed E-state index contributed by atoms with van der Waals surface area (Å²) in [5.41, 5.74) is 1.66. The van der Waals surface area contributed by atoms with Crippen LogP contribution in [0.15, 0.2) is 52.8 Å². The van der Waals surface area contributed by atoms with Crippen LogP contribution < -0.4 is 24.3 Å². The number of thiazole rings is 1. The van der Waals surface area contributed by atoms with Gasteiger partial charge in [-0.3, -0.25) is 4.79 Å². The van der Waals surface area contributed by atoms with Crippen molar-refractivity contribution in [3.8, 4) is 28.5 Å². The summed E-state index contributed by atoms with van der Waals surface area (Å²) in [7, 11) is 4.60. The lowest BCUT2D eigenvalue weighted by Crippen LogP contribution is -2.24. The van der Waals surface area contributed by atoms with E-state index in [9.17, 15) is 18.0 Å². The highest BCUT2D eigenvalue weighted by atomic mass is 32.1.